The number of fused-ring (bicyclic) bond motifs is 2. The highest BCUT2D eigenvalue weighted by Gasteiger charge is 2.33. The molecule has 12 heteroatoms. The molecule has 12 nitrogen and oxygen atoms in total. The molecule has 2 fully saturated rings. The summed E-state index contributed by atoms with van der Waals surface area (Å²) in [7, 11) is 0. The summed E-state index contributed by atoms with van der Waals surface area (Å²) < 4.78 is 7.96. The van der Waals surface area contributed by atoms with Crippen LogP contribution in [-0.4, -0.2) is 38.3 Å². The van der Waals surface area contributed by atoms with Crippen molar-refractivity contribution in [2.75, 3.05) is 4.90 Å². The van der Waals surface area contributed by atoms with E-state index in [1.165, 1.54) is 16.7 Å². The van der Waals surface area contributed by atoms with E-state index in [1.807, 2.05) is 72.8 Å². The zero-order valence-corrected chi connectivity index (χ0v) is 31.4. The summed E-state index contributed by atoms with van der Waals surface area (Å²) in [5.41, 5.74) is 5.32. The van der Waals surface area contributed by atoms with Crippen molar-refractivity contribution in [3.8, 4) is 5.75 Å². The largest absolute Gasteiger partial charge is 0.490 e. The van der Waals surface area contributed by atoms with Crippen LogP contribution in [0.25, 0.3) is 22.6 Å². The van der Waals surface area contributed by atoms with Crippen LogP contribution in [0.1, 0.15) is 85.0 Å². The zero-order chi connectivity index (χ0) is 39.6. The highest BCUT2D eigenvalue weighted by molar-refractivity contribution is 6.32. The number of rotatable bonds is 9. The molecule has 1 N–H and O–H groups in total. The summed E-state index contributed by atoms with van der Waals surface area (Å²) >= 11 is 0. The van der Waals surface area contributed by atoms with Crippen LogP contribution in [0, 0.1) is 17.0 Å². The fraction of sp³-hybridized carbons (Fsp3) is 0.267. The number of carbonyl (C=O) groups excluding carboxylic acids is 3. The molecule has 3 unspecified atom stereocenters. The second-order valence-electron chi connectivity index (χ2n) is 14.8. The number of hydrogen-bond acceptors (Lipinski definition) is 8. The minimum atomic E-state index is -0.773. The number of nitro groups is 1. The smallest absolute Gasteiger partial charge is 0.269 e. The molecule has 288 valence electrons. The summed E-state index contributed by atoms with van der Waals surface area (Å²) in [5.74, 6) is 0.416. The number of amides is 3. The van der Waals surface area contributed by atoms with Gasteiger partial charge < -0.3 is 9.64 Å². The van der Waals surface area contributed by atoms with Gasteiger partial charge in [-0.15, -0.1) is 0 Å². The zero-order valence-electron chi connectivity index (χ0n) is 31.4. The predicted molar refractivity (Wildman–Crippen MR) is 217 cm³/mol. The quantitative estimate of drug-likeness (QED) is 0.0526. The van der Waals surface area contributed by atoms with Gasteiger partial charge in [-0.25, -0.2) is 4.98 Å². The van der Waals surface area contributed by atoms with Crippen LogP contribution in [0.2, 0.25) is 0 Å². The number of ether oxygens (including phenoxy) is 1. The Balaban J connectivity index is 0.927. The number of para-hydroxylation sites is 1. The van der Waals surface area contributed by atoms with Crippen molar-refractivity contribution in [2.24, 2.45) is 0 Å². The van der Waals surface area contributed by atoms with Gasteiger partial charge in [0.25, 0.3) is 17.2 Å². The van der Waals surface area contributed by atoms with Gasteiger partial charge in [0.2, 0.25) is 11.8 Å². The fourth-order valence-corrected chi connectivity index (χ4v) is 8.35. The van der Waals surface area contributed by atoms with Gasteiger partial charge in [0.15, 0.2) is 0 Å². The molecule has 2 aliphatic heterocycles. The predicted octanol–water partition coefficient (Wildman–Crippen LogP) is 7.73. The average molecular weight is 764 g/mol. The highest BCUT2D eigenvalue weighted by Crippen LogP contribution is 2.39. The molecule has 3 aliphatic rings. The van der Waals surface area contributed by atoms with Gasteiger partial charge in [-0.2, -0.15) is 0 Å². The summed E-state index contributed by atoms with van der Waals surface area (Å²) in [5, 5.41) is 13.9. The van der Waals surface area contributed by atoms with Crippen LogP contribution in [0.3, 0.4) is 0 Å². The van der Waals surface area contributed by atoms with Crippen molar-refractivity contribution in [1.82, 2.24) is 14.9 Å². The lowest BCUT2D eigenvalue weighted by Gasteiger charge is -2.25. The number of non-ortho nitro benzene ring substituents is 1. The van der Waals surface area contributed by atoms with Crippen LogP contribution in [0.5, 0.6) is 5.75 Å². The Hall–Kier alpha value is -6.69. The second kappa shape index (κ2) is 15.8. The van der Waals surface area contributed by atoms with E-state index in [0.29, 0.717) is 28.8 Å². The number of allylic oxidation sites excluding steroid dienone is 2. The van der Waals surface area contributed by atoms with Crippen molar-refractivity contribution in [3.05, 3.63) is 152 Å². The Labute approximate surface area is 328 Å². The number of aromatic nitrogens is 2. The number of nitrogens with one attached hydrogen (secondary N) is 1. The van der Waals surface area contributed by atoms with E-state index in [1.54, 1.807) is 36.1 Å². The van der Waals surface area contributed by atoms with Crippen molar-refractivity contribution >= 4 is 51.6 Å². The molecule has 8 rings (SSSR count). The summed E-state index contributed by atoms with van der Waals surface area (Å²) in [6.07, 6.45) is 10.1. The molecule has 1 saturated heterocycles. The van der Waals surface area contributed by atoms with Gasteiger partial charge in [0, 0.05) is 29.7 Å². The van der Waals surface area contributed by atoms with Crippen LogP contribution < -0.4 is 20.5 Å². The first kappa shape index (κ1) is 37.2. The normalized spacial score (nSPS) is 20.5. The molecule has 1 aromatic heterocycles. The number of aryl methyl sites for hydroxylation is 1. The SMILES string of the molecule is Cc1nc2cccc(C3CCCC(Oc4ccc(CN5C(=O)/C(=C/C=C/c6ccc([N+](=O)[O-])cc6)c6ccccc65)cc4)CC3)c2c(=O)n1C1CCC(=O)NC1=O. The molecule has 4 aromatic carbocycles. The molecule has 5 aromatic rings. The van der Waals surface area contributed by atoms with Crippen LogP contribution >= 0.6 is 0 Å². The third-order valence-corrected chi connectivity index (χ3v) is 11.2. The van der Waals surface area contributed by atoms with Crippen molar-refractivity contribution in [1.29, 1.82) is 0 Å². The number of nitrogens with zero attached hydrogens (tertiary/aromatic N) is 4. The number of imide groups is 1. The molecule has 0 bridgehead atoms. The number of hydrogen-bond donors (Lipinski definition) is 1. The first-order valence-corrected chi connectivity index (χ1v) is 19.3. The van der Waals surface area contributed by atoms with E-state index in [4.69, 9.17) is 9.72 Å². The van der Waals surface area contributed by atoms with E-state index >= 15 is 0 Å². The number of nitro benzene ring substituents is 1. The van der Waals surface area contributed by atoms with Gasteiger partial charge in [0.1, 0.15) is 17.6 Å². The van der Waals surface area contributed by atoms with Crippen molar-refractivity contribution < 1.29 is 24.0 Å². The first-order chi connectivity index (χ1) is 27.6. The topological polar surface area (TPSA) is 154 Å². The monoisotopic (exact) mass is 763 g/mol. The molecule has 1 saturated carbocycles. The Morgan fingerprint density at radius 2 is 1.68 bits per heavy atom. The Morgan fingerprint density at radius 1 is 0.895 bits per heavy atom. The summed E-state index contributed by atoms with van der Waals surface area (Å²) in [4.78, 5) is 69.4. The van der Waals surface area contributed by atoms with Crippen molar-refractivity contribution in [3.63, 3.8) is 0 Å². The number of benzene rings is 4. The summed E-state index contributed by atoms with van der Waals surface area (Å²) in [6.45, 7) is 2.11. The molecule has 3 atom stereocenters. The first-order valence-electron chi connectivity index (χ1n) is 19.3. The van der Waals surface area contributed by atoms with E-state index in [9.17, 15) is 29.3 Å². The van der Waals surface area contributed by atoms with Crippen LogP contribution in [0.15, 0.2) is 108 Å². The van der Waals surface area contributed by atoms with Crippen molar-refractivity contribution in [2.45, 2.75) is 76.5 Å². The molecule has 3 amide bonds. The number of piperidine rings is 1. The standard InChI is InChI=1S/C45H41N5O7/c1-28-46-38-13-6-11-35(42(38)45(54)49(28)40-25-26-41(51)47-43(40)52)31-8-5-9-33(24-19-31)57-34-22-17-30(18-23-34)27-48-39-14-3-2-10-36(39)37(44(48)53)12-4-7-29-15-20-32(21-16-29)50(55)56/h2-4,6-7,10-18,20-23,31,33,40H,5,8-9,19,24-27H2,1H3,(H,47,51,52)/b7-4+,37-12+. The van der Waals surface area contributed by atoms with Crippen LogP contribution in [-0.2, 0) is 20.9 Å². The van der Waals surface area contributed by atoms with Gasteiger partial charge in [-0.1, -0.05) is 54.6 Å². The van der Waals surface area contributed by atoms with E-state index in [-0.39, 0.29) is 47.9 Å². The molecule has 0 spiro atoms. The minimum absolute atomic E-state index is 0.00452. The lowest BCUT2D eigenvalue weighted by atomic mass is 9.89. The maximum Gasteiger partial charge on any atom is 0.269 e. The average Bonchev–Trinajstić information content (AvgIpc) is 3.31. The third-order valence-electron chi connectivity index (χ3n) is 11.2. The maximum absolute atomic E-state index is 14.1. The molecular formula is C45H41N5O7. The van der Waals surface area contributed by atoms with Gasteiger partial charge >= 0.3 is 0 Å². The van der Waals surface area contributed by atoms with E-state index in [0.717, 1.165) is 65.8 Å². The van der Waals surface area contributed by atoms with Gasteiger partial charge in [0.05, 0.1) is 34.2 Å². The highest BCUT2D eigenvalue weighted by atomic mass is 16.6. The maximum atomic E-state index is 14.1. The molecule has 0 radical (unpaired) electrons. The van der Waals surface area contributed by atoms with Gasteiger partial charge in [-0.3, -0.25) is 39.2 Å². The molecule has 57 heavy (non-hydrogen) atoms. The van der Waals surface area contributed by atoms with Gasteiger partial charge in [-0.05, 0) is 111 Å². The lowest BCUT2D eigenvalue weighted by Crippen LogP contribution is -2.45. The fourth-order valence-electron chi connectivity index (χ4n) is 8.35. The molecule has 3 heterocycles. The van der Waals surface area contributed by atoms with E-state index < -0.39 is 16.9 Å². The Kier molecular flexibility index (Phi) is 10.3. The second-order valence-corrected chi connectivity index (χ2v) is 14.8. The Morgan fingerprint density at radius 3 is 2.46 bits per heavy atom. The van der Waals surface area contributed by atoms with Crippen LogP contribution in [0.4, 0.5) is 11.4 Å². The minimum Gasteiger partial charge on any atom is -0.490 e. The number of anilines is 1. The Bertz CT molecular complexity index is 2520. The third kappa shape index (κ3) is 7.62. The lowest BCUT2D eigenvalue weighted by molar-refractivity contribution is -0.384. The van der Waals surface area contributed by atoms with E-state index in [2.05, 4.69) is 5.32 Å². The number of carbonyl (C=O) groups is 3. The molecule has 1 aliphatic carbocycles. The molecular weight excluding hydrogens is 723 g/mol. The summed E-state index contributed by atoms with van der Waals surface area (Å²) in [6, 6.07) is 26.8.